The number of aliphatic hydroxyl groups excluding tert-OH is 2. The summed E-state index contributed by atoms with van der Waals surface area (Å²) < 4.78 is 0. The lowest BCUT2D eigenvalue weighted by atomic mass is 10.0. The van der Waals surface area contributed by atoms with Gasteiger partial charge in [-0.1, -0.05) is 35.9 Å². The molecule has 0 saturated heterocycles. The number of benzene rings is 1. The largest absolute Gasteiger partial charge is 0.386 e. The van der Waals surface area contributed by atoms with Crippen LogP contribution < -0.4 is 0 Å². The molecule has 0 aliphatic rings. The Hall–Kier alpha value is -0.830. The van der Waals surface area contributed by atoms with E-state index in [0.29, 0.717) is 10.6 Å². The molecule has 0 radical (unpaired) electrons. The Kier molecular flexibility index (Phi) is 4.14. The zero-order chi connectivity index (χ0) is 10.6. The van der Waals surface area contributed by atoms with Gasteiger partial charge >= 0.3 is 0 Å². The van der Waals surface area contributed by atoms with Gasteiger partial charge in [-0.3, -0.25) is 0 Å². The van der Waals surface area contributed by atoms with E-state index >= 15 is 0 Å². The molecule has 14 heavy (non-hydrogen) atoms. The van der Waals surface area contributed by atoms with Crippen molar-refractivity contribution < 1.29 is 10.2 Å². The fraction of sp³-hybridized carbons (Fsp3) is 0.273. The van der Waals surface area contributed by atoms with Gasteiger partial charge < -0.3 is 10.2 Å². The summed E-state index contributed by atoms with van der Waals surface area (Å²) in [5.41, 5.74) is 0.653. The predicted octanol–water partition coefficient (Wildman–Crippen LogP) is 2.31. The first-order valence-corrected chi connectivity index (χ1v) is 4.77. The maximum atomic E-state index is 9.67. The molecule has 1 rings (SSSR count). The zero-order valence-electron chi connectivity index (χ0n) is 7.89. The molecule has 2 atom stereocenters. The maximum Gasteiger partial charge on any atom is 0.108 e. The third kappa shape index (κ3) is 2.84. The number of allylic oxidation sites excluding steroid dienone is 1. The van der Waals surface area contributed by atoms with E-state index in [4.69, 9.17) is 11.6 Å². The quantitative estimate of drug-likeness (QED) is 0.755. The van der Waals surface area contributed by atoms with Gasteiger partial charge in [0.15, 0.2) is 0 Å². The van der Waals surface area contributed by atoms with Crippen LogP contribution in [-0.2, 0) is 0 Å². The van der Waals surface area contributed by atoms with Gasteiger partial charge in [-0.2, -0.15) is 0 Å². The summed E-state index contributed by atoms with van der Waals surface area (Å²) in [7, 11) is 0. The number of rotatable bonds is 3. The minimum absolute atomic E-state index is 0.612. The third-order valence-corrected chi connectivity index (χ3v) is 2.18. The fourth-order valence-corrected chi connectivity index (χ4v) is 1.29. The predicted molar refractivity (Wildman–Crippen MR) is 57.2 cm³/mol. The summed E-state index contributed by atoms with van der Waals surface area (Å²) in [5.74, 6) is 0. The fourth-order valence-electron chi connectivity index (χ4n) is 1.16. The second kappa shape index (κ2) is 5.15. The molecule has 2 N–H and O–H groups in total. The molecule has 0 aromatic heterocycles. The number of hydrogen-bond donors (Lipinski definition) is 2. The molecule has 0 spiro atoms. The highest BCUT2D eigenvalue weighted by molar-refractivity contribution is 6.30. The summed E-state index contributed by atoms with van der Waals surface area (Å²) in [4.78, 5) is 0. The summed E-state index contributed by atoms with van der Waals surface area (Å²) in [6.07, 6.45) is 1.47. The van der Waals surface area contributed by atoms with Crippen LogP contribution in [0, 0.1) is 0 Å². The van der Waals surface area contributed by atoms with Crippen molar-refractivity contribution in [3.05, 3.63) is 47.0 Å². The van der Waals surface area contributed by atoms with E-state index in [1.165, 1.54) is 0 Å². The molecule has 1 aromatic carbocycles. The Morgan fingerprint density at radius 2 is 1.79 bits per heavy atom. The van der Waals surface area contributed by atoms with E-state index < -0.39 is 12.2 Å². The molecule has 0 unspecified atom stereocenters. The van der Waals surface area contributed by atoms with E-state index in [2.05, 4.69) is 0 Å². The molecule has 1 aromatic rings. The van der Waals surface area contributed by atoms with Crippen LogP contribution in [0.1, 0.15) is 18.6 Å². The second-order valence-corrected chi connectivity index (χ2v) is 3.45. The summed E-state index contributed by atoms with van der Waals surface area (Å²) in [6, 6.07) is 6.75. The SMILES string of the molecule is C/C=C/[C@H](O)[C@@H](O)c1ccc(Cl)cc1. The molecule has 0 amide bonds. The van der Waals surface area contributed by atoms with Crippen LogP contribution in [0.25, 0.3) is 0 Å². The summed E-state index contributed by atoms with van der Waals surface area (Å²) >= 11 is 5.70. The Morgan fingerprint density at radius 3 is 2.29 bits per heavy atom. The molecule has 3 heteroatoms. The van der Waals surface area contributed by atoms with Gasteiger partial charge in [-0.05, 0) is 24.6 Å². The Labute approximate surface area is 88.5 Å². The van der Waals surface area contributed by atoms with Gasteiger partial charge in [0.25, 0.3) is 0 Å². The van der Waals surface area contributed by atoms with Gasteiger partial charge in [-0.25, -0.2) is 0 Å². The molecule has 0 aliphatic carbocycles. The van der Waals surface area contributed by atoms with Gasteiger partial charge in [-0.15, -0.1) is 0 Å². The molecular formula is C11H13ClO2. The Morgan fingerprint density at radius 1 is 1.21 bits per heavy atom. The average molecular weight is 213 g/mol. The summed E-state index contributed by atoms with van der Waals surface area (Å²) in [6.45, 7) is 1.79. The number of hydrogen-bond acceptors (Lipinski definition) is 2. The van der Waals surface area contributed by atoms with Crippen LogP contribution in [0.15, 0.2) is 36.4 Å². The van der Waals surface area contributed by atoms with Gasteiger partial charge in [0.05, 0.1) is 0 Å². The van der Waals surface area contributed by atoms with E-state index in [1.807, 2.05) is 0 Å². The maximum absolute atomic E-state index is 9.67. The molecule has 2 nitrogen and oxygen atoms in total. The molecular weight excluding hydrogens is 200 g/mol. The van der Waals surface area contributed by atoms with Crippen molar-refractivity contribution in [2.45, 2.75) is 19.1 Å². The number of aliphatic hydroxyl groups is 2. The van der Waals surface area contributed by atoms with Crippen LogP contribution in [0.5, 0.6) is 0 Å². The first-order chi connectivity index (χ1) is 6.65. The van der Waals surface area contributed by atoms with Crippen molar-refractivity contribution in [2.75, 3.05) is 0 Å². The highest BCUT2D eigenvalue weighted by Crippen LogP contribution is 2.19. The van der Waals surface area contributed by atoms with Crippen LogP contribution >= 0.6 is 11.6 Å². The van der Waals surface area contributed by atoms with Crippen molar-refractivity contribution in [3.63, 3.8) is 0 Å². The Balaban J connectivity index is 2.78. The lowest BCUT2D eigenvalue weighted by molar-refractivity contribution is 0.0482. The number of halogens is 1. The van der Waals surface area contributed by atoms with Crippen LogP contribution in [0.3, 0.4) is 0 Å². The highest BCUT2D eigenvalue weighted by atomic mass is 35.5. The normalized spacial score (nSPS) is 15.7. The van der Waals surface area contributed by atoms with Crippen LogP contribution in [-0.4, -0.2) is 16.3 Å². The van der Waals surface area contributed by atoms with Crippen molar-refractivity contribution in [1.29, 1.82) is 0 Å². The van der Waals surface area contributed by atoms with E-state index in [1.54, 1.807) is 43.3 Å². The smallest absolute Gasteiger partial charge is 0.108 e. The van der Waals surface area contributed by atoms with Crippen molar-refractivity contribution >= 4 is 11.6 Å². The average Bonchev–Trinajstić information content (AvgIpc) is 2.18. The van der Waals surface area contributed by atoms with Crippen molar-refractivity contribution in [2.24, 2.45) is 0 Å². The molecule has 0 saturated carbocycles. The monoisotopic (exact) mass is 212 g/mol. The lowest BCUT2D eigenvalue weighted by Crippen LogP contribution is -2.15. The molecule has 0 aliphatic heterocycles. The summed E-state index contributed by atoms with van der Waals surface area (Å²) in [5, 5.41) is 19.7. The lowest BCUT2D eigenvalue weighted by Gasteiger charge is -2.14. The van der Waals surface area contributed by atoms with Gasteiger partial charge in [0, 0.05) is 5.02 Å². The zero-order valence-corrected chi connectivity index (χ0v) is 8.65. The Bertz CT molecular complexity index is 306. The highest BCUT2D eigenvalue weighted by Gasteiger charge is 2.14. The van der Waals surface area contributed by atoms with E-state index in [0.717, 1.165) is 0 Å². The van der Waals surface area contributed by atoms with Gasteiger partial charge in [0.1, 0.15) is 12.2 Å². The van der Waals surface area contributed by atoms with E-state index in [9.17, 15) is 10.2 Å². The minimum Gasteiger partial charge on any atom is -0.386 e. The van der Waals surface area contributed by atoms with Gasteiger partial charge in [0.2, 0.25) is 0 Å². The van der Waals surface area contributed by atoms with E-state index in [-0.39, 0.29) is 0 Å². The second-order valence-electron chi connectivity index (χ2n) is 3.01. The minimum atomic E-state index is -0.900. The first kappa shape index (κ1) is 11.2. The standard InChI is InChI=1S/C11H13ClO2/c1-2-3-10(13)11(14)8-4-6-9(12)7-5-8/h2-7,10-11,13-14H,1H3/b3-2+/t10-,11-/m0/s1. The molecule has 0 heterocycles. The first-order valence-electron chi connectivity index (χ1n) is 4.39. The van der Waals surface area contributed by atoms with Crippen LogP contribution in [0.2, 0.25) is 5.02 Å². The topological polar surface area (TPSA) is 40.5 Å². The molecule has 0 bridgehead atoms. The van der Waals surface area contributed by atoms with Crippen LogP contribution in [0.4, 0.5) is 0 Å². The molecule has 76 valence electrons. The molecule has 0 fully saturated rings. The van der Waals surface area contributed by atoms with Crippen molar-refractivity contribution in [3.8, 4) is 0 Å². The van der Waals surface area contributed by atoms with Crippen molar-refractivity contribution in [1.82, 2.24) is 0 Å². The third-order valence-electron chi connectivity index (χ3n) is 1.92.